The lowest BCUT2D eigenvalue weighted by Gasteiger charge is -2.38. The van der Waals surface area contributed by atoms with Crippen molar-refractivity contribution in [2.24, 2.45) is 0 Å². The van der Waals surface area contributed by atoms with Gasteiger partial charge < -0.3 is 35.7 Å². The number of nitrogens with one attached hydrogen (secondary N) is 2. The van der Waals surface area contributed by atoms with Gasteiger partial charge in [-0.2, -0.15) is 0 Å². The number of rotatable bonds is 12. The number of nitrogens with two attached hydrogens (primary N) is 1. The number of para-hydroxylation sites is 2. The smallest absolute Gasteiger partial charge is 0.323 e. The van der Waals surface area contributed by atoms with Crippen LogP contribution in [0.3, 0.4) is 0 Å². The molecule has 0 spiro atoms. The number of nitrogen functional groups attached to an aromatic ring is 1. The lowest BCUT2D eigenvalue weighted by Crippen LogP contribution is -2.45. The van der Waals surface area contributed by atoms with Crippen LogP contribution in [0.1, 0.15) is 88.4 Å². The van der Waals surface area contributed by atoms with Gasteiger partial charge in [0.05, 0.1) is 30.2 Å². The second kappa shape index (κ2) is 16.4. The monoisotopic (exact) mass is 672 g/mol. The van der Waals surface area contributed by atoms with Crippen molar-refractivity contribution in [2.45, 2.75) is 96.0 Å². The highest BCUT2D eigenvalue weighted by molar-refractivity contribution is 5.94. The Balaban J connectivity index is 1.20. The number of hydrogen-bond donors (Lipinski definition) is 4. The zero-order chi connectivity index (χ0) is 35.0. The molecule has 2 saturated heterocycles. The standard InChI is InChI=1S/C38H48N4O7/c1-38(2,3)49-36(46)32-10-7-21-42(32)23-29-22-33(26-15-13-25(24-43)14-16-26)48-37(47-29)27-17-19-28(20-18-27)40-34(44)11-6-12-35(45)41-31-9-5-4-8-30(31)39/h4-5,8-9,13-20,29,32-33,37,43H,6-7,10-12,21-24,39H2,1-3H3,(H,40,44)(H,41,45)/t29-,32+,33+,37+/m1/s1. The number of likely N-dealkylation sites (tertiary alicyclic amines) is 1. The number of carbonyl (C=O) groups excluding carboxylic acids is 3. The Morgan fingerprint density at radius 1 is 0.918 bits per heavy atom. The Morgan fingerprint density at radius 2 is 1.59 bits per heavy atom. The molecule has 262 valence electrons. The number of ether oxygens (including phenoxy) is 3. The van der Waals surface area contributed by atoms with E-state index in [-0.39, 0.29) is 55.5 Å². The molecule has 0 aliphatic carbocycles. The second-order valence-electron chi connectivity index (χ2n) is 13.7. The summed E-state index contributed by atoms with van der Waals surface area (Å²) in [7, 11) is 0. The van der Waals surface area contributed by atoms with E-state index >= 15 is 0 Å². The highest BCUT2D eigenvalue weighted by Gasteiger charge is 2.39. The first-order valence-corrected chi connectivity index (χ1v) is 17.0. The molecule has 3 aromatic rings. The molecule has 4 atom stereocenters. The fourth-order valence-electron chi connectivity index (χ4n) is 6.16. The van der Waals surface area contributed by atoms with Gasteiger partial charge in [-0.05, 0) is 82.0 Å². The third kappa shape index (κ3) is 10.4. The minimum Gasteiger partial charge on any atom is -0.459 e. The minimum atomic E-state index is -0.675. The van der Waals surface area contributed by atoms with Crippen molar-refractivity contribution in [3.63, 3.8) is 0 Å². The molecule has 2 fully saturated rings. The van der Waals surface area contributed by atoms with Gasteiger partial charge in [-0.1, -0.05) is 48.5 Å². The first kappa shape index (κ1) is 36.0. The molecule has 2 heterocycles. The van der Waals surface area contributed by atoms with Crippen LogP contribution >= 0.6 is 0 Å². The largest absolute Gasteiger partial charge is 0.459 e. The lowest BCUT2D eigenvalue weighted by molar-refractivity contribution is -0.253. The van der Waals surface area contributed by atoms with Crippen molar-refractivity contribution in [3.8, 4) is 0 Å². The first-order chi connectivity index (χ1) is 23.5. The van der Waals surface area contributed by atoms with Crippen LogP contribution in [0, 0.1) is 0 Å². The van der Waals surface area contributed by atoms with E-state index in [2.05, 4.69) is 15.5 Å². The Kier molecular flexibility index (Phi) is 12.1. The summed E-state index contributed by atoms with van der Waals surface area (Å²) in [6.07, 6.45) is 1.85. The van der Waals surface area contributed by atoms with E-state index < -0.39 is 11.9 Å². The number of carbonyl (C=O) groups is 3. The SMILES string of the molecule is CC(C)(C)OC(=O)[C@@H]1CCCN1C[C@H]1C[C@@H](c2ccc(CO)cc2)O[C@@H](c2ccc(NC(=O)CCCC(=O)Nc3ccccc3N)cc2)O1. The Bertz CT molecular complexity index is 1570. The molecule has 0 bridgehead atoms. The maximum absolute atomic E-state index is 13.0. The molecule has 2 aliphatic heterocycles. The van der Waals surface area contributed by atoms with Crippen LogP contribution in [-0.4, -0.2) is 58.6 Å². The zero-order valence-electron chi connectivity index (χ0n) is 28.5. The fraction of sp³-hybridized carbons (Fsp3) is 0.447. The van der Waals surface area contributed by atoms with Gasteiger partial charge in [-0.15, -0.1) is 0 Å². The summed E-state index contributed by atoms with van der Waals surface area (Å²) in [6, 6.07) is 21.8. The van der Waals surface area contributed by atoms with E-state index in [1.165, 1.54) is 0 Å². The van der Waals surface area contributed by atoms with Crippen molar-refractivity contribution >= 4 is 34.8 Å². The number of esters is 1. The fourth-order valence-corrected chi connectivity index (χ4v) is 6.16. The quantitative estimate of drug-likeness (QED) is 0.137. The third-order valence-corrected chi connectivity index (χ3v) is 8.60. The van der Waals surface area contributed by atoms with Gasteiger partial charge in [0, 0.05) is 37.1 Å². The molecular weight excluding hydrogens is 624 g/mol. The van der Waals surface area contributed by atoms with Crippen LogP contribution in [-0.2, 0) is 35.2 Å². The van der Waals surface area contributed by atoms with E-state index in [0.29, 0.717) is 36.4 Å². The summed E-state index contributed by atoms with van der Waals surface area (Å²) in [5.74, 6) is -0.599. The first-order valence-electron chi connectivity index (χ1n) is 17.0. The molecule has 0 saturated carbocycles. The summed E-state index contributed by atoms with van der Waals surface area (Å²) in [4.78, 5) is 40.1. The number of aliphatic hydroxyl groups is 1. The zero-order valence-corrected chi connectivity index (χ0v) is 28.5. The van der Waals surface area contributed by atoms with Gasteiger partial charge in [0.15, 0.2) is 6.29 Å². The molecule has 0 unspecified atom stereocenters. The predicted octanol–water partition coefficient (Wildman–Crippen LogP) is 5.86. The summed E-state index contributed by atoms with van der Waals surface area (Å²) in [6.45, 7) is 6.94. The number of aliphatic hydroxyl groups excluding tert-OH is 1. The van der Waals surface area contributed by atoms with Gasteiger partial charge in [0.2, 0.25) is 11.8 Å². The highest BCUT2D eigenvalue weighted by Crippen LogP contribution is 2.39. The number of nitrogens with zero attached hydrogens (tertiary/aromatic N) is 1. The molecule has 0 aromatic heterocycles. The van der Waals surface area contributed by atoms with E-state index in [1.54, 1.807) is 36.4 Å². The number of hydrogen-bond acceptors (Lipinski definition) is 9. The van der Waals surface area contributed by atoms with Crippen molar-refractivity contribution in [3.05, 3.63) is 89.5 Å². The average molecular weight is 673 g/mol. The maximum atomic E-state index is 13.0. The van der Waals surface area contributed by atoms with E-state index in [0.717, 1.165) is 36.1 Å². The van der Waals surface area contributed by atoms with Gasteiger partial charge in [-0.25, -0.2) is 0 Å². The van der Waals surface area contributed by atoms with Gasteiger partial charge in [0.1, 0.15) is 11.6 Å². The molecule has 11 heteroatoms. The molecule has 5 N–H and O–H groups in total. The Hall–Kier alpha value is -4.29. The van der Waals surface area contributed by atoms with Crippen molar-refractivity contribution < 1.29 is 33.7 Å². The molecule has 2 aliphatic rings. The molecule has 49 heavy (non-hydrogen) atoms. The van der Waals surface area contributed by atoms with Crippen LogP contribution in [0.2, 0.25) is 0 Å². The summed E-state index contributed by atoms with van der Waals surface area (Å²) in [5, 5.41) is 15.2. The van der Waals surface area contributed by atoms with Crippen LogP contribution in [0.15, 0.2) is 72.8 Å². The van der Waals surface area contributed by atoms with Crippen molar-refractivity contribution in [1.29, 1.82) is 0 Å². The van der Waals surface area contributed by atoms with Gasteiger partial charge in [0.25, 0.3) is 0 Å². The van der Waals surface area contributed by atoms with Crippen LogP contribution < -0.4 is 16.4 Å². The predicted molar refractivity (Wildman–Crippen MR) is 187 cm³/mol. The topological polar surface area (TPSA) is 152 Å². The highest BCUT2D eigenvalue weighted by atomic mass is 16.7. The maximum Gasteiger partial charge on any atom is 0.323 e. The van der Waals surface area contributed by atoms with E-state index in [1.807, 2.05) is 57.2 Å². The molecule has 11 nitrogen and oxygen atoms in total. The number of benzene rings is 3. The average Bonchev–Trinajstić information content (AvgIpc) is 3.53. The van der Waals surface area contributed by atoms with E-state index in [9.17, 15) is 19.5 Å². The van der Waals surface area contributed by atoms with Crippen LogP contribution in [0.4, 0.5) is 17.1 Å². The normalized spacial score (nSPS) is 21.2. The summed E-state index contributed by atoms with van der Waals surface area (Å²) < 4.78 is 18.7. The van der Waals surface area contributed by atoms with Crippen molar-refractivity contribution in [2.75, 3.05) is 29.5 Å². The Morgan fingerprint density at radius 3 is 2.27 bits per heavy atom. The van der Waals surface area contributed by atoms with Crippen molar-refractivity contribution in [1.82, 2.24) is 4.90 Å². The Labute approximate surface area is 288 Å². The minimum absolute atomic E-state index is 0.0385. The van der Waals surface area contributed by atoms with Crippen LogP contribution in [0.25, 0.3) is 0 Å². The number of amides is 2. The molecule has 0 radical (unpaired) electrons. The summed E-state index contributed by atoms with van der Waals surface area (Å²) in [5.41, 5.74) is 9.58. The van der Waals surface area contributed by atoms with Crippen LogP contribution in [0.5, 0.6) is 0 Å². The molecule has 5 rings (SSSR count). The van der Waals surface area contributed by atoms with E-state index in [4.69, 9.17) is 19.9 Å². The third-order valence-electron chi connectivity index (χ3n) is 8.60. The summed E-state index contributed by atoms with van der Waals surface area (Å²) >= 11 is 0. The molecule has 3 aromatic carbocycles. The molecular formula is C38H48N4O7. The van der Waals surface area contributed by atoms with Gasteiger partial charge >= 0.3 is 5.97 Å². The lowest BCUT2D eigenvalue weighted by atomic mass is 9.99. The second-order valence-corrected chi connectivity index (χ2v) is 13.7. The number of anilines is 3. The van der Waals surface area contributed by atoms with Gasteiger partial charge in [-0.3, -0.25) is 19.3 Å². The molecule has 2 amide bonds.